The van der Waals surface area contributed by atoms with Gasteiger partial charge in [-0.15, -0.1) is 11.8 Å². The number of hydrogen-bond donors (Lipinski definition) is 2. The predicted molar refractivity (Wildman–Crippen MR) is 44.0 cm³/mol. The van der Waals surface area contributed by atoms with E-state index in [1.165, 1.54) is 0 Å². The van der Waals surface area contributed by atoms with Crippen LogP contribution in [0.2, 0.25) is 0 Å². The number of carbonyl (C=O) groups is 2. The molecule has 0 aliphatic carbocycles. The topological polar surface area (TPSA) is 66.4 Å². The van der Waals surface area contributed by atoms with Crippen LogP contribution < -0.4 is 5.32 Å². The molecular weight excluding hydrogens is 223 g/mol. The van der Waals surface area contributed by atoms with Crippen molar-refractivity contribution in [3.63, 3.8) is 0 Å². The first kappa shape index (κ1) is 13.1. The molecule has 1 amide bonds. The molecule has 1 unspecified atom stereocenters. The number of nitrogens with one attached hydrogen (secondary N) is 1. The number of alkyl halides is 3. The molecule has 2 N–H and O–H groups in total. The molecule has 14 heavy (non-hydrogen) atoms. The zero-order valence-corrected chi connectivity index (χ0v) is 7.69. The van der Waals surface area contributed by atoms with Gasteiger partial charge in [0.05, 0.1) is 5.75 Å². The quantitative estimate of drug-likeness (QED) is 0.652. The van der Waals surface area contributed by atoms with E-state index in [0.717, 1.165) is 0 Å². The van der Waals surface area contributed by atoms with E-state index >= 15 is 0 Å². The second-order valence-electron chi connectivity index (χ2n) is 2.31. The molecule has 0 rings (SSSR count). The Balaban J connectivity index is 3.83. The van der Waals surface area contributed by atoms with Crippen LogP contribution in [0, 0.1) is 0 Å². The smallest absolute Gasteiger partial charge is 0.397 e. The van der Waals surface area contributed by atoms with E-state index < -0.39 is 23.9 Å². The summed E-state index contributed by atoms with van der Waals surface area (Å²) in [4.78, 5) is 20.2. The molecule has 0 aromatic rings. The van der Waals surface area contributed by atoms with Gasteiger partial charge in [0, 0.05) is 5.75 Å². The minimum absolute atomic E-state index is 0.146. The van der Waals surface area contributed by atoms with E-state index in [1.54, 1.807) is 0 Å². The highest BCUT2D eigenvalue weighted by atomic mass is 32.2. The normalized spacial score (nSPS) is 13.4. The molecule has 0 aliphatic heterocycles. The summed E-state index contributed by atoms with van der Waals surface area (Å²) in [7, 11) is 0. The monoisotopic (exact) mass is 231 g/mol. The van der Waals surface area contributed by atoms with Crippen molar-refractivity contribution < 1.29 is 27.9 Å². The highest BCUT2D eigenvalue weighted by Gasteiger charge is 2.28. The van der Waals surface area contributed by atoms with Gasteiger partial charge in [0.15, 0.2) is 0 Å². The van der Waals surface area contributed by atoms with Crippen molar-refractivity contribution in [2.24, 2.45) is 0 Å². The maximum absolute atomic E-state index is 11.6. The van der Waals surface area contributed by atoms with Gasteiger partial charge in [-0.05, 0) is 0 Å². The van der Waals surface area contributed by atoms with Crippen molar-refractivity contribution >= 4 is 24.1 Å². The molecule has 0 spiro atoms. The average molecular weight is 231 g/mol. The zero-order chi connectivity index (χ0) is 11.2. The van der Waals surface area contributed by atoms with Gasteiger partial charge in [-0.1, -0.05) is 0 Å². The van der Waals surface area contributed by atoms with Crippen LogP contribution in [0.1, 0.15) is 0 Å². The molecule has 0 saturated carbocycles. The number of carboxylic acids is 1. The lowest BCUT2D eigenvalue weighted by atomic mass is 10.3. The third kappa shape index (κ3) is 6.58. The summed E-state index contributed by atoms with van der Waals surface area (Å²) >= 11 is 0.409. The maximum Gasteiger partial charge on any atom is 0.397 e. The van der Waals surface area contributed by atoms with Gasteiger partial charge in [-0.2, -0.15) is 13.2 Å². The Hall–Kier alpha value is -0.920. The minimum atomic E-state index is -4.32. The number of rotatable bonds is 6. The van der Waals surface area contributed by atoms with Gasteiger partial charge in [-0.3, -0.25) is 4.79 Å². The fraction of sp³-hybridized carbons (Fsp3) is 0.667. The maximum atomic E-state index is 11.6. The molecule has 0 fully saturated rings. The van der Waals surface area contributed by atoms with Crippen molar-refractivity contribution in [2.45, 2.75) is 12.2 Å². The highest BCUT2D eigenvalue weighted by Crippen LogP contribution is 2.21. The summed E-state index contributed by atoms with van der Waals surface area (Å²) in [5, 5.41) is 10.3. The van der Waals surface area contributed by atoms with Gasteiger partial charge >= 0.3 is 12.1 Å². The van der Waals surface area contributed by atoms with Crippen LogP contribution in [0.25, 0.3) is 0 Å². The van der Waals surface area contributed by atoms with E-state index in [4.69, 9.17) is 5.11 Å². The van der Waals surface area contributed by atoms with E-state index in [1.807, 2.05) is 5.32 Å². The van der Waals surface area contributed by atoms with E-state index in [9.17, 15) is 22.8 Å². The summed E-state index contributed by atoms with van der Waals surface area (Å²) < 4.78 is 34.9. The number of amides is 1. The SMILES string of the molecule is O=CNC(CSCC(F)(F)F)C(=O)O. The van der Waals surface area contributed by atoms with Crippen molar-refractivity contribution in [2.75, 3.05) is 11.5 Å². The van der Waals surface area contributed by atoms with Gasteiger partial charge in [0.25, 0.3) is 0 Å². The Morgan fingerprint density at radius 3 is 2.50 bits per heavy atom. The van der Waals surface area contributed by atoms with Crippen LogP contribution in [-0.2, 0) is 9.59 Å². The van der Waals surface area contributed by atoms with Crippen LogP contribution in [0.3, 0.4) is 0 Å². The third-order valence-corrected chi connectivity index (χ3v) is 2.22. The van der Waals surface area contributed by atoms with Gasteiger partial charge in [-0.25, -0.2) is 4.79 Å². The van der Waals surface area contributed by atoms with E-state index in [0.29, 0.717) is 11.8 Å². The molecule has 0 aliphatic rings. The summed E-state index contributed by atoms with van der Waals surface area (Å²) in [6.07, 6.45) is -4.18. The molecule has 0 aromatic heterocycles. The van der Waals surface area contributed by atoms with Crippen molar-refractivity contribution in [1.82, 2.24) is 5.32 Å². The molecule has 8 heteroatoms. The lowest BCUT2D eigenvalue weighted by Gasteiger charge is -2.11. The van der Waals surface area contributed by atoms with Gasteiger partial charge < -0.3 is 10.4 Å². The molecule has 0 aromatic carbocycles. The standard InChI is InChI=1S/C6H8F3NO3S/c7-6(8,9)2-14-1-4(5(12)13)10-3-11/h3-4H,1-2H2,(H,10,11)(H,12,13). The molecule has 0 radical (unpaired) electrons. The van der Waals surface area contributed by atoms with Crippen LogP contribution in [-0.4, -0.2) is 41.2 Å². The van der Waals surface area contributed by atoms with E-state index in [2.05, 4.69) is 0 Å². The first-order valence-electron chi connectivity index (χ1n) is 3.44. The number of carboxylic acid groups (broad SMARTS) is 1. The summed E-state index contributed by atoms with van der Waals surface area (Å²) in [5.41, 5.74) is 0. The zero-order valence-electron chi connectivity index (χ0n) is 6.87. The highest BCUT2D eigenvalue weighted by molar-refractivity contribution is 7.99. The fourth-order valence-electron chi connectivity index (χ4n) is 0.565. The minimum Gasteiger partial charge on any atom is -0.480 e. The molecule has 4 nitrogen and oxygen atoms in total. The second kappa shape index (κ2) is 5.74. The third-order valence-electron chi connectivity index (χ3n) is 1.12. The largest absolute Gasteiger partial charge is 0.480 e. The summed E-state index contributed by atoms with van der Waals surface area (Å²) in [6.45, 7) is 0. The summed E-state index contributed by atoms with van der Waals surface area (Å²) in [6, 6.07) is -1.28. The molecular formula is C6H8F3NO3S. The first-order valence-corrected chi connectivity index (χ1v) is 4.59. The van der Waals surface area contributed by atoms with Crippen molar-refractivity contribution in [3.8, 4) is 0 Å². The molecule has 0 bridgehead atoms. The van der Waals surface area contributed by atoms with Crippen LogP contribution in [0.5, 0.6) is 0 Å². The average Bonchev–Trinajstić information content (AvgIpc) is 2.00. The van der Waals surface area contributed by atoms with Crippen molar-refractivity contribution in [1.29, 1.82) is 0 Å². The lowest BCUT2D eigenvalue weighted by molar-refractivity contribution is -0.139. The second-order valence-corrected chi connectivity index (χ2v) is 3.34. The van der Waals surface area contributed by atoms with Gasteiger partial charge in [0.1, 0.15) is 6.04 Å². The van der Waals surface area contributed by atoms with Crippen LogP contribution >= 0.6 is 11.8 Å². The molecule has 1 atom stereocenters. The Labute approximate surface area is 81.9 Å². The Kier molecular flexibility index (Phi) is 5.36. The number of carbonyl (C=O) groups excluding carboxylic acids is 1. The number of halogens is 3. The predicted octanol–water partition coefficient (Wildman–Crippen LogP) is 0.481. The fourth-order valence-corrected chi connectivity index (χ4v) is 1.39. The molecule has 0 saturated heterocycles. The van der Waals surface area contributed by atoms with E-state index in [-0.39, 0.29) is 12.2 Å². The first-order chi connectivity index (χ1) is 6.37. The van der Waals surface area contributed by atoms with Gasteiger partial charge in [0.2, 0.25) is 6.41 Å². The molecule has 0 heterocycles. The van der Waals surface area contributed by atoms with Crippen LogP contribution in [0.15, 0.2) is 0 Å². The Morgan fingerprint density at radius 2 is 2.14 bits per heavy atom. The lowest BCUT2D eigenvalue weighted by Crippen LogP contribution is -2.38. The summed E-state index contributed by atoms with van der Waals surface area (Å²) in [5.74, 6) is -2.79. The Morgan fingerprint density at radius 1 is 1.57 bits per heavy atom. The van der Waals surface area contributed by atoms with Crippen LogP contribution in [0.4, 0.5) is 13.2 Å². The number of aliphatic carboxylic acids is 1. The Bertz CT molecular complexity index is 209. The van der Waals surface area contributed by atoms with Crippen molar-refractivity contribution in [3.05, 3.63) is 0 Å². The number of hydrogen-bond acceptors (Lipinski definition) is 3. The number of thioether (sulfide) groups is 1. The molecule has 82 valence electrons.